The van der Waals surface area contributed by atoms with Crippen molar-refractivity contribution < 1.29 is 0 Å². The predicted octanol–water partition coefficient (Wildman–Crippen LogP) is 6.45. The van der Waals surface area contributed by atoms with Gasteiger partial charge in [0.1, 0.15) is 0 Å². The van der Waals surface area contributed by atoms with E-state index in [1.54, 1.807) is 0 Å². The second-order valence-corrected chi connectivity index (χ2v) is 4.43. The van der Waals surface area contributed by atoms with Gasteiger partial charge in [-0.15, -0.1) is 0 Å². The second-order valence-electron chi connectivity index (χ2n) is 4.43. The lowest BCUT2D eigenvalue weighted by atomic mass is 9.78. The molecule has 0 aromatic carbocycles. The summed E-state index contributed by atoms with van der Waals surface area (Å²) in [6.45, 7) is 17.0. The summed E-state index contributed by atoms with van der Waals surface area (Å²) in [7, 11) is 0. The van der Waals surface area contributed by atoms with Crippen LogP contribution < -0.4 is 0 Å². The van der Waals surface area contributed by atoms with Crippen molar-refractivity contribution in [3.8, 4) is 0 Å². The first-order valence-corrected chi connectivity index (χ1v) is 7.12. The fourth-order valence-electron chi connectivity index (χ4n) is 1.51. The van der Waals surface area contributed by atoms with Gasteiger partial charge in [0.25, 0.3) is 0 Å². The Kier molecular flexibility index (Phi) is 22.4. The SMILES string of the molecule is CC.CC.CC1(C)CCCCC1.CCC. The van der Waals surface area contributed by atoms with E-state index in [1.165, 1.54) is 38.5 Å². The molecule has 1 aliphatic carbocycles. The summed E-state index contributed by atoms with van der Waals surface area (Å²) in [4.78, 5) is 0. The van der Waals surface area contributed by atoms with Crippen LogP contribution in [0.15, 0.2) is 0 Å². The summed E-state index contributed by atoms with van der Waals surface area (Å²) in [6.07, 6.45) is 8.56. The van der Waals surface area contributed by atoms with Crippen molar-refractivity contribution in [2.45, 2.75) is 93.9 Å². The minimum absolute atomic E-state index is 0.679. The van der Waals surface area contributed by atoms with Crippen molar-refractivity contribution in [3.05, 3.63) is 0 Å². The van der Waals surface area contributed by atoms with Crippen molar-refractivity contribution >= 4 is 0 Å². The highest BCUT2D eigenvalue weighted by Gasteiger charge is 2.19. The van der Waals surface area contributed by atoms with E-state index in [1.807, 2.05) is 27.7 Å². The Labute approximate surface area is 99.9 Å². The first kappa shape index (κ1) is 20.4. The smallest absolute Gasteiger partial charge is 0.0354 e. The standard InChI is InChI=1S/C8H16.C3H8.2C2H6/c1-8(2)6-4-3-5-7-8;1-3-2;2*1-2/h3-7H2,1-2H3;3H2,1-2H3;2*1-2H3. The number of hydrogen-bond donors (Lipinski definition) is 0. The highest BCUT2D eigenvalue weighted by Crippen LogP contribution is 2.34. The molecule has 1 aliphatic rings. The van der Waals surface area contributed by atoms with E-state index in [-0.39, 0.29) is 0 Å². The third-order valence-electron chi connectivity index (χ3n) is 2.21. The fraction of sp³-hybridized carbons (Fsp3) is 1.00. The molecule has 1 fully saturated rings. The first-order chi connectivity index (χ1) is 7.12. The van der Waals surface area contributed by atoms with Gasteiger partial charge in [-0.25, -0.2) is 0 Å². The van der Waals surface area contributed by atoms with Crippen LogP contribution >= 0.6 is 0 Å². The van der Waals surface area contributed by atoms with Gasteiger partial charge in [-0.3, -0.25) is 0 Å². The van der Waals surface area contributed by atoms with Crippen LogP contribution in [0, 0.1) is 5.41 Å². The summed E-state index contributed by atoms with van der Waals surface area (Å²) < 4.78 is 0. The zero-order chi connectivity index (χ0) is 12.7. The summed E-state index contributed by atoms with van der Waals surface area (Å²) in [5, 5.41) is 0. The molecule has 0 N–H and O–H groups in total. The van der Waals surface area contributed by atoms with Crippen molar-refractivity contribution in [3.63, 3.8) is 0 Å². The molecule has 0 spiro atoms. The molecule has 0 nitrogen and oxygen atoms in total. The molecule has 1 rings (SSSR count). The minimum atomic E-state index is 0.679. The second kappa shape index (κ2) is 16.4. The Hall–Kier alpha value is 0. The van der Waals surface area contributed by atoms with Crippen molar-refractivity contribution in [1.82, 2.24) is 0 Å². The molecular weight excluding hydrogens is 180 g/mol. The Morgan fingerprint density at radius 2 is 1.00 bits per heavy atom. The number of rotatable bonds is 0. The Morgan fingerprint density at radius 1 is 0.733 bits per heavy atom. The normalized spacial score (nSPS) is 16.8. The Bertz CT molecular complexity index is 74.0. The highest BCUT2D eigenvalue weighted by atomic mass is 14.3. The van der Waals surface area contributed by atoms with Crippen molar-refractivity contribution in [2.75, 3.05) is 0 Å². The predicted molar refractivity (Wildman–Crippen MR) is 75.5 cm³/mol. The van der Waals surface area contributed by atoms with Gasteiger partial charge in [0, 0.05) is 0 Å². The van der Waals surface area contributed by atoms with Gasteiger partial charge in [-0.2, -0.15) is 0 Å². The van der Waals surface area contributed by atoms with E-state index in [0.29, 0.717) is 5.41 Å². The maximum atomic E-state index is 2.38. The highest BCUT2D eigenvalue weighted by molar-refractivity contribution is 4.72. The summed E-state index contributed by atoms with van der Waals surface area (Å²) in [5.74, 6) is 0. The van der Waals surface area contributed by atoms with Gasteiger partial charge >= 0.3 is 0 Å². The molecule has 15 heavy (non-hydrogen) atoms. The molecule has 96 valence electrons. The molecule has 0 bridgehead atoms. The zero-order valence-corrected chi connectivity index (χ0v) is 12.7. The Morgan fingerprint density at radius 3 is 1.13 bits per heavy atom. The first-order valence-electron chi connectivity index (χ1n) is 7.12. The molecule has 0 radical (unpaired) electrons. The average Bonchev–Trinajstić information content (AvgIpc) is 2.24. The van der Waals surface area contributed by atoms with Crippen LogP contribution in [0.25, 0.3) is 0 Å². The molecule has 0 aromatic rings. The topological polar surface area (TPSA) is 0 Å². The van der Waals surface area contributed by atoms with Crippen molar-refractivity contribution in [2.24, 2.45) is 5.41 Å². The largest absolute Gasteiger partial charge is 0.0683 e. The van der Waals surface area contributed by atoms with Crippen LogP contribution in [0.4, 0.5) is 0 Å². The van der Waals surface area contributed by atoms with E-state index in [4.69, 9.17) is 0 Å². The molecule has 1 saturated carbocycles. The molecule has 0 saturated heterocycles. The van der Waals surface area contributed by atoms with Crippen LogP contribution in [-0.2, 0) is 0 Å². The quantitative estimate of drug-likeness (QED) is 0.437. The maximum Gasteiger partial charge on any atom is -0.0354 e. The lowest BCUT2D eigenvalue weighted by Gasteiger charge is -2.28. The Balaban J connectivity index is -0.000000176. The fourth-order valence-corrected chi connectivity index (χ4v) is 1.51. The number of hydrogen-bond acceptors (Lipinski definition) is 0. The van der Waals surface area contributed by atoms with Gasteiger partial charge in [-0.1, -0.05) is 81.1 Å². The van der Waals surface area contributed by atoms with Crippen LogP contribution in [0.2, 0.25) is 0 Å². The monoisotopic (exact) mass is 216 g/mol. The average molecular weight is 216 g/mol. The van der Waals surface area contributed by atoms with Gasteiger partial charge in [0.05, 0.1) is 0 Å². The minimum Gasteiger partial charge on any atom is -0.0683 e. The van der Waals surface area contributed by atoms with Crippen LogP contribution in [0.5, 0.6) is 0 Å². The molecule has 0 heteroatoms. The molecular formula is C15H36. The maximum absolute atomic E-state index is 2.38. The lowest BCUT2D eigenvalue weighted by molar-refractivity contribution is 0.244. The van der Waals surface area contributed by atoms with Crippen LogP contribution in [0.1, 0.15) is 93.9 Å². The molecule has 0 unspecified atom stereocenters. The third kappa shape index (κ3) is 20.2. The third-order valence-corrected chi connectivity index (χ3v) is 2.21. The van der Waals surface area contributed by atoms with E-state index < -0.39 is 0 Å². The van der Waals surface area contributed by atoms with Gasteiger partial charge in [0.15, 0.2) is 0 Å². The molecule has 0 heterocycles. The van der Waals surface area contributed by atoms with Gasteiger partial charge in [-0.05, 0) is 18.3 Å². The van der Waals surface area contributed by atoms with E-state index in [2.05, 4.69) is 27.7 Å². The molecule has 0 atom stereocenters. The van der Waals surface area contributed by atoms with E-state index in [9.17, 15) is 0 Å². The lowest BCUT2D eigenvalue weighted by Crippen LogP contribution is -2.14. The van der Waals surface area contributed by atoms with Crippen LogP contribution in [-0.4, -0.2) is 0 Å². The van der Waals surface area contributed by atoms with E-state index in [0.717, 1.165) is 0 Å². The van der Waals surface area contributed by atoms with Gasteiger partial charge < -0.3 is 0 Å². The molecule has 0 aromatic heterocycles. The molecule has 0 amide bonds. The van der Waals surface area contributed by atoms with Gasteiger partial charge in [0.2, 0.25) is 0 Å². The summed E-state index contributed by atoms with van der Waals surface area (Å²) >= 11 is 0. The van der Waals surface area contributed by atoms with Crippen molar-refractivity contribution in [1.29, 1.82) is 0 Å². The zero-order valence-electron chi connectivity index (χ0n) is 12.7. The summed E-state index contributed by atoms with van der Waals surface area (Å²) in [6, 6.07) is 0. The van der Waals surface area contributed by atoms with Crippen LogP contribution in [0.3, 0.4) is 0 Å². The van der Waals surface area contributed by atoms with E-state index >= 15 is 0 Å². The molecule has 0 aliphatic heterocycles. The summed E-state index contributed by atoms with van der Waals surface area (Å²) in [5.41, 5.74) is 0.679.